The van der Waals surface area contributed by atoms with E-state index in [-0.39, 0.29) is 11.9 Å². The smallest absolute Gasteiger partial charge is 0.416 e. The Balaban J connectivity index is 2.62. The lowest BCUT2D eigenvalue weighted by molar-refractivity contribution is -0.142. The summed E-state index contributed by atoms with van der Waals surface area (Å²) in [6.07, 6.45) is -4.34. The highest BCUT2D eigenvalue weighted by molar-refractivity contribution is 9.09. The third kappa shape index (κ3) is 3.84. The van der Waals surface area contributed by atoms with Gasteiger partial charge >= 0.3 is 12.1 Å². The van der Waals surface area contributed by atoms with E-state index in [9.17, 15) is 18.0 Å². The number of halogens is 4. The molecule has 0 radical (unpaired) electrons. The molecule has 0 heterocycles. The van der Waals surface area contributed by atoms with Gasteiger partial charge in [-0.15, -0.1) is 0 Å². The van der Waals surface area contributed by atoms with Crippen molar-refractivity contribution in [2.24, 2.45) is 0 Å². The Morgan fingerprint density at radius 2 is 1.81 bits per heavy atom. The van der Waals surface area contributed by atoms with E-state index in [1.54, 1.807) is 0 Å². The van der Waals surface area contributed by atoms with E-state index in [1.807, 2.05) is 0 Å². The summed E-state index contributed by atoms with van der Waals surface area (Å²) < 4.78 is 41.3. The van der Waals surface area contributed by atoms with Gasteiger partial charge in [-0.2, -0.15) is 13.2 Å². The third-order valence-corrected chi connectivity index (χ3v) is 2.25. The average molecular weight is 297 g/mol. The average Bonchev–Trinajstić information content (AvgIpc) is 2.25. The highest BCUT2D eigenvalue weighted by Crippen LogP contribution is 2.29. The fraction of sp³-hybridized carbons (Fsp3) is 0.300. The molecule has 0 unspecified atom stereocenters. The van der Waals surface area contributed by atoms with E-state index in [2.05, 4.69) is 15.9 Å². The largest absolute Gasteiger partial charge is 0.460 e. The van der Waals surface area contributed by atoms with E-state index in [0.717, 1.165) is 12.1 Å². The van der Waals surface area contributed by atoms with Gasteiger partial charge in [0, 0.05) is 0 Å². The fourth-order valence-corrected chi connectivity index (χ4v) is 1.15. The Labute approximate surface area is 98.5 Å². The van der Waals surface area contributed by atoms with Crippen molar-refractivity contribution in [2.75, 3.05) is 5.33 Å². The zero-order valence-electron chi connectivity index (χ0n) is 8.05. The zero-order valence-corrected chi connectivity index (χ0v) is 9.64. The predicted molar refractivity (Wildman–Crippen MR) is 55.0 cm³/mol. The van der Waals surface area contributed by atoms with Gasteiger partial charge in [0.15, 0.2) is 0 Å². The quantitative estimate of drug-likeness (QED) is 0.633. The number of alkyl halides is 4. The van der Waals surface area contributed by atoms with Crippen LogP contribution in [0.3, 0.4) is 0 Å². The molecule has 0 amide bonds. The van der Waals surface area contributed by atoms with Crippen molar-refractivity contribution >= 4 is 21.9 Å². The minimum absolute atomic E-state index is 0.0252. The molecule has 0 aromatic heterocycles. The molecule has 0 aliphatic heterocycles. The van der Waals surface area contributed by atoms with Crippen molar-refractivity contribution < 1.29 is 22.7 Å². The molecule has 88 valence electrons. The second kappa shape index (κ2) is 5.34. The summed E-state index contributed by atoms with van der Waals surface area (Å²) in [7, 11) is 0. The Kier molecular flexibility index (Phi) is 4.35. The molecule has 0 bridgehead atoms. The molecule has 6 heteroatoms. The van der Waals surface area contributed by atoms with Crippen LogP contribution in [-0.4, -0.2) is 11.3 Å². The number of esters is 1. The van der Waals surface area contributed by atoms with Gasteiger partial charge in [-0.1, -0.05) is 28.1 Å². The lowest BCUT2D eigenvalue weighted by Gasteiger charge is -2.07. The minimum atomic E-state index is -4.34. The molecule has 0 fully saturated rings. The molecule has 0 atom stereocenters. The summed E-state index contributed by atoms with van der Waals surface area (Å²) >= 11 is 2.90. The number of ether oxygens (including phenoxy) is 1. The van der Waals surface area contributed by atoms with Crippen LogP contribution in [0, 0.1) is 0 Å². The van der Waals surface area contributed by atoms with Crippen molar-refractivity contribution in [3.8, 4) is 0 Å². The molecule has 0 aliphatic carbocycles. The van der Waals surface area contributed by atoms with Gasteiger partial charge in [0.25, 0.3) is 0 Å². The van der Waals surface area contributed by atoms with Crippen molar-refractivity contribution in [3.63, 3.8) is 0 Å². The molecule has 1 aromatic carbocycles. The van der Waals surface area contributed by atoms with Crippen LogP contribution in [0.4, 0.5) is 13.2 Å². The number of benzene rings is 1. The van der Waals surface area contributed by atoms with Gasteiger partial charge in [-0.05, 0) is 17.7 Å². The topological polar surface area (TPSA) is 26.3 Å². The first-order valence-corrected chi connectivity index (χ1v) is 5.43. The van der Waals surface area contributed by atoms with Crippen LogP contribution in [0.2, 0.25) is 0 Å². The standard InChI is InChI=1S/C10H8BrF3O2/c11-5-9(15)16-6-7-1-3-8(4-2-7)10(12,13)14/h1-4H,5-6H2. The Hall–Kier alpha value is -1.04. The maximum atomic E-state index is 12.2. The van der Waals surface area contributed by atoms with Gasteiger partial charge in [0.2, 0.25) is 0 Å². The molecular formula is C10H8BrF3O2. The van der Waals surface area contributed by atoms with Crippen LogP contribution in [0.25, 0.3) is 0 Å². The molecule has 0 spiro atoms. The maximum absolute atomic E-state index is 12.2. The van der Waals surface area contributed by atoms with Crippen LogP contribution >= 0.6 is 15.9 Å². The number of rotatable bonds is 3. The molecule has 2 nitrogen and oxygen atoms in total. The van der Waals surface area contributed by atoms with E-state index < -0.39 is 17.7 Å². The third-order valence-electron chi connectivity index (χ3n) is 1.79. The van der Waals surface area contributed by atoms with Crippen molar-refractivity contribution in [3.05, 3.63) is 35.4 Å². The number of carbonyl (C=O) groups is 1. The SMILES string of the molecule is O=C(CBr)OCc1ccc(C(F)(F)F)cc1. The van der Waals surface area contributed by atoms with E-state index in [1.165, 1.54) is 12.1 Å². The van der Waals surface area contributed by atoms with Crippen LogP contribution < -0.4 is 0 Å². The molecule has 0 N–H and O–H groups in total. The molecule has 1 rings (SSSR count). The minimum Gasteiger partial charge on any atom is -0.460 e. The number of hydrogen-bond donors (Lipinski definition) is 0. The molecule has 16 heavy (non-hydrogen) atoms. The van der Waals surface area contributed by atoms with Crippen molar-refractivity contribution in [2.45, 2.75) is 12.8 Å². The number of carbonyl (C=O) groups excluding carboxylic acids is 1. The second-order valence-electron chi connectivity index (χ2n) is 2.99. The number of hydrogen-bond acceptors (Lipinski definition) is 2. The van der Waals surface area contributed by atoms with Crippen molar-refractivity contribution in [1.29, 1.82) is 0 Å². The van der Waals surface area contributed by atoms with Crippen LogP contribution in [0.5, 0.6) is 0 Å². The molecule has 0 saturated heterocycles. The highest BCUT2D eigenvalue weighted by atomic mass is 79.9. The lowest BCUT2D eigenvalue weighted by atomic mass is 10.1. The first-order valence-electron chi connectivity index (χ1n) is 4.31. The van der Waals surface area contributed by atoms with Gasteiger partial charge in [-0.3, -0.25) is 4.79 Å². The van der Waals surface area contributed by atoms with Crippen LogP contribution in [0.15, 0.2) is 24.3 Å². The summed E-state index contributed by atoms with van der Waals surface area (Å²) in [5.74, 6) is -0.458. The summed E-state index contributed by atoms with van der Waals surface area (Å²) in [6.45, 7) is -0.0252. The predicted octanol–water partition coefficient (Wildman–Crippen LogP) is 3.14. The van der Waals surface area contributed by atoms with Crippen LogP contribution in [0.1, 0.15) is 11.1 Å². The van der Waals surface area contributed by atoms with Gasteiger partial charge in [0.1, 0.15) is 11.9 Å². The zero-order chi connectivity index (χ0) is 12.2. The monoisotopic (exact) mass is 296 g/mol. The van der Waals surface area contributed by atoms with Gasteiger partial charge in [0.05, 0.1) is 5.56 Å². The van der Waals surface area contributed by atoms with E-state index in [4.69, 9.17) is 4.74 Å². The lowest BCUT2D eigenvalue weighted by Crippen LogP contribution is -2.07. The first kappa shape index (κ1) is 13.0. The Morgan fingerprint density at radius 3 is 2.25 bits per heavy atom. The van der Waals surface area contributed by atoms with E-state index >= 15 is 0 Å². The Bertz CT molecular complexity index is 359. The first-order chi connectivity index (χ1) is 7.43. The normalized spacial score (nSPS) is 11.2. The van der Waals surface area contributed by atoms with Crippen LogP contribution in [-0.2, 0) is 22.3 Å². The molecule has 1 aromatic rings. The van der Waals surface area contributed by atoms with Crippen molar-refractivity contribution in [1.82, 2.24) is 0 Å². The van der Waals surface area contributed by atoms with Gasteiger partial charge < -0.3 is 4.74 Å². The molecular weight excluding hydrogens is 289 g/mol. The molecule has 0 saturated carbocycles. The summed E-state index contributed by atoms with van der Waals surface area (Å²) in [4.78, 5) is 10.8. The van der Waals surface area contributed by atoms with Gasteiger partial charge in [-0.25, -0.2) is 0 Å². The second-order valence-corrected chi connectivity index (χ2v) is 3.55. The molecule has 0 aliphatic rings. The maximum Gasteiger partial charge on any atom is 0.416 e. The van der Waals surface area contributed by atoms with E-state index in [0.29, 0.717) is 5.56 Å². The summed E-state index contributed by atoms with van der Waals surface area (Å²) in [5, 5.41) is 0.0631. The summed E-state index contributed by atoms with van der Waals surface area (Å²) in [6, 6.07) is 4.48. The Morgan fingerprint density at radius 1 is 1.25 bits per heavy atom. The highest BCUT2D eigenvalue weighted by Gasteiger charge is 2.29. The summed E-state index contributed by atoms with van der Waals surface area (Å²) in [5.41, 5.74) is -0.203. The fourth-order valence-electron chi connectivity index (χ4n) is 0.992.